The lowest BCUT2D eigenvalue weighted by atomic mass is 9.96. The van der Waals surface area contributed by atoms with Gasteiger partial charge in [0.1, 0.15) is 11.6 Å². The van der Waals surface area contributed by atoms with Crippen LogP contribution in [-0.4, -0.2) is 21.8 Å². The van der Waals surface area contributed by atoms with Gasteiger partial charge in [-0.2, -0.15) is 0 Å². The fraction of sp³-hybridized carbons (Fsp3) is 0.278. The Kier molecular flexibility index (Phi) is 3.86. The Labute approximate surface area is 130 Å². The van der Waals surface area contributed by atoms with Crippen molar-refractivity contribution >= 4 is 11.0 Å². The molecule has 0 fully saturated rings. The van der Waals surface area contributed by atoms with Crippen molar-refractivity contribution in [2.24, 2.45) is 7.05 Å². The van der Waals surface area contributed by atoms with E-state index < -0.39 is 6.10 Å². The van der Waals surface area contributed by atoms with Crippen LogP contribution in [0.25, 0.3) is 11.0 Å². The van der Waals surface area contributed by atoms with E-state index >= 15 is 0 Å². The van der Waals surface area contributed by atoms with Gasteiger partial charge in [-0.3, -0.25) is 0 Å². The molecule has 3 rings (SSSR count). The van der Waals surface area contributed by atoms with Crippen molar-refractivity contribution in [1.29, 1.82) is 0 Å². The maximum absolute atomic E-state index is 10.7. The highest BCUT2D eigenvalue weighted by Gasteiger charge is 2.23. The smallest absolute Gasteiger partial charge is 0.118 e. The molecule has 0 aliphatic heterocycles. The third kappa shape index (κ3) is 2.46. The number of hydrogen-bond acceptors (Lipinski definition) is 3. The predicted molar refractivity (Wildman–Crippen MR) is 87.1 cm³/mol. The number of methoxy groups -OCH3 is 1. The van der Waals surface area contributed by atoms with E-state index in [1.54, 1.807) is 7.11 Å². The Morgan fingerprint density at radius 1 is 1.09 bits per heavy atom. The molecule has 4 nitrogen and oxygen atoms in total. The minimum atomic E-state index is -0.610. The number of aryl methyl sites for hydroxylation is 1. The van der Waals surface area contributed by atoms with Gasteiger partial charge in [-0.25, -0.2) is 4.98 Å². The second-order valence-corrected chi connectivity index (χ2v) is 5.52. The summed E-state index contributed by atoms with van der Waals surface area (Å²) in [4.78, 5) is 4.67. The molecule has 0 bridgehead atoms. The van der Waals surface area contributed by atoms with Gasteiger partial charge in [0.2, 0.25) is 0 Å². The number of ether oxygens (including phenoxy) is 1. The molecule has 22 heavy (non-hydrogen) atoms. The number of fused-ring (bicyclic) bond motifs is 1. The number of aliphatic hydroxyl groups excluding tert-OH is 1. The third-order valence-electron chi connectivity index (χ3n) is 4.16. The van der Waals surface area contributed by atoms with Gasteiger partial charge >= 0.3 is 0 Å². The van der Waals surface area contributed by atoms with E-state index in [2.05, 4.69) is 4.98 Å². The van der Waals surface area contributed by atoms with Crippen LogP contribution in [0.4, 0.5) is 0 Å². The molecule has 0 radical (unpaired) electrons. The maximum atomic E-state index is 10.7. The quantitative estimate of drug-likeness (QED) is 0.802. The van der Waals surface area contributed by atoms with E-state index in [-0.39, 0.29) is 5.92 Å². The van der Waals surface area contributed by atoms with Crippen LogP contribution in [-0.2, 0) is 7.05 Å². The van der Waals surface area contributed by atoms with Crippen LogP contribution < -0.4 is 4.74 Å². The first-order valence-corrected chi connectivity index (χ1v) is 7.35. The average molecular weight is 296 g/mol. The van der Waals surface area contributed by atoms with Gasteiger partial charge in [0.05, 0.1) is 24.2 Å². The van der Waals surface area contributed by atoms with Crippen molar-refractivity contribution in [1.82, 2.24) is 9.55 Å². The summed E-state index contributed by atoms with van der Waals surface area (Å²) in [6.45, 7) is 2.00. The van der Waals surface area contributed by atoms with E-state index in [9.17, 15) is 5.11 Å². The summed E-state index contributed by atoms with van der Waals surface area (Å²) in [5.74, 6) is 1.56. The number of rotatable bonds is 4. The van der Waals surface area contributed by atoms with E-state index in [1.807, 2.05) is 67.1 Å². The topological polar surface area (TPSA) is 47.3 Å². The molecular weight excluding hydrogens is 276 g/mol. The molecule has 1 aromatic heterocycles. The zero-order chi connectivity index (χ0) is 15.7. The van der Waals surface area contributed by atoms with E-state index in [0.717, 1.165) is 28.2 Å². The Balaban J connectivity index is 1.93. The van der Waals surface area contributed by atoms with E-state index in [4.69, 9.17) is 4.74 Å². The standard InChI is InChI=1S/C18H20N2O2/c1-12(17(21)13-8-10-14(22-3)11-9-13)18-19-15-6-4-5-7-16(15)20(18)2/h4-12,17,21H,1-3H3/t12-,17-/m0/s1. The molecular formula is C18H20N2O2. The SMILES string of the molecule is COc1ccc([C@@H](O)[C@H](C)c2nc3ccccc3n2C)cc1. The average Bonchev–Trinajstić information content (AvgIpc) is 2.91. The second-order valence-electron chi connectivity index (χ2n) is 5.52. The molecule has 0 spiro atoms. The third-order valence-corrected chi connectivity index (χ3v) is 4.16. The highest BCUT2D eigenvalue weighted by molar-refractivity contribution is 5.75. The molecule has 3 aromatic rings. The fourth-order valence-corrected chi connectivity index (χ4v) is 2.80. The van der Waals surface area contributed by atoms with Gasteiger partial charge in [0.15, 0.2) is 0 Å². The summed E-state index contributed by atoms with van der Waals surface area (Å²) in [6.07, 6.45) is -0.610. The number of para-hydroxylation sites is 2. The minimum absolute atomic E-state index is 0.106. The molecule has 0 saturated carbocycles. The second kappa shape index (κ2) is 5.81. The fourth-order valence-electron chi connectivity index (χ4n) is 2.80. The number of hydrogen-bond donors (Lipinski definition) is 1. The van der Waals surface area contributed by atoms with Crippen LogP contribution in [0.15, 0.2) is 48.5 Å². The Bertz CT molecular complexity index is 777. The molecule has 0 unspecified atom stereocenters. The van der Waals surface area contributed by atoms with E-state index in [0.29, 0.717) is 0 Å². The molecule has 2 atom stereocenters. The summed E-state index contributed by atoms with van der Waals surface area (Å²) in [5.41, 5.74) is 2.89. The number of nitrogens with zero attached hydrogens (tertiary/aromatic N) is 2. The van der Waals surface area contributed by atoms with Crippen molar-refractivity contribution < 1.29 is 9.84 Å². The molecule has 2 aromatic carbocycles. The van der Waals surface area contributed by atoms with Crippen LogP contribution in [0.5, 0.6) is 5.75 Å². The normalized spacial score (nSPS) is 14.0. The molecule has 0 saturated heterocycles. The lowest BCUT2D eigenvalue weighted by molar-refractivity contribution is 0.147. The highest BCUT2D eigenvalue weighted by Crippen LogP contribution is 2.32. The molecule has 0 aliphatic carbocycles. The zero-order valence-corrected chi connectivity index (χ0v) is 13.0. The van der Waals surface area contributed by atoms with Crippen molar-refractivity contribution in [3.05, 3.63) is 59.9 Å². The van der Waals surface area contributed by atoms with Crippen molar-refractivity contribution in [3.8, 4) is 5.75 Å². The predicted octanol–water partition coefficient (Wildman–Crippen LogP) is 3.42. The minimum Gasteiger partial charge on any atom is -0.497 e. The molecule has 1 N–H and O–H groups in total. The van der Waals surface area contributed by atoms with Crippen molar-refractivity contribution in [2.75, 3.05) is 7.11 Å². The summed E-state index contributed by atoms with van der Waals surface area (Å²) < 4.78 is 7.20. The van der Waals surface area contributed by atoms with Gasteiger partial charge in [0.25, 0.3) is 0 Å². The lowest BCUT2D eigenvalue weighted by Gasteiger charge is -2.19. The van der Waals surface area contributed by atoms with Crippen LogP contribution >= 0.6 is 0 Å². The van der Waals surface area contributed by atoms with Crippen LogP contribution in [0.1, 0.15) is 30.3 Å². The van der Waals surface area contributed by atoms with Gasteiger partial charge in [-0.15, -0.1) is 0 Å². The summed E-state index contributed by atoms with van der Waals surface area (Å²) in [5, 5.41) is 10.7. The maximum Gasteiger partial charge on any atom is 0.118 e. The number of benzene rings is 2. The Morgan fingerprint density at radius 3 is 2.41 bits per heavy atom. The summed E-state index contributed by atoms with van der Waals surface area (Å²) >= 11 is 0. The zero-order valence-electron chi connectivity index (χ0n) is 13.0. The Hall–Kier alpha value is -2.33. The van der Waals surface area contributed by atoms with Crippen LogP contribution in [0.3, 0.4) is 0 Å². The highest BCUT2D eigenvalue weighted by atomic mass is 16.5. The van der Waals surface area contributed by atoms with E-state index in [1.165, 1.54) is 0 Å². The van der Waals surface area contributed by atoms with Gasteiger partial charge in [0, 0.05) is 13.0 Å². The van der Waals surface area contributed by atoms with Crippen LogP contribution in [0, 0.1) is 0 Å². The van der Waals surface area contributed by atoms with Crippen molar-refractivity contribution in [2.45, 2.75) is 18.9 Å². The van der Waals surface area contributed by atoms with Gasteiger partial charge in [-0.1, -0.05) is 31.2 Å². The molecule has 114 valence electrons. The summed E-state index contributed by atoms with van der Waals surface area (Å²) in [6, 6.07) is 15.5. The largest absolute Gasteiger partial charge is 0.497 e. The summed E-state index contributed by atoms with van der Waals surface area (Å²) in [7, 11) is 3.62. The monoisotopic (exact) mass is 296 g/mol. The molecule has 1 heterocycles. The number of imidazole rings is 1. The molecule has 0 amide bonds. The lowest BCUT2D eigenvalue weighted by Crippen LogP contribution is -2.12. The van der Waals surface area contributed by atoms with Crippen molar-refractivity contribution in [3.63, 3.8) is 0 Å². The number of aliphatic hydroxyl groups is 1. The van der Waals surface area contributed by atoms with Gasteiger partial charge in [-0.05, 0) is 29.8 Å². The first kappa shape index (κ1) is 14.6. The molecule has 4 heteroatoms. The molecule has 0 aliphatic rings. The first-order valence-electron chi connectivity index (χ1n) is 7.35. The van der Waals surface area contributed by atoms with Gasteiger partial charge < -0.3 is 14.4 Å². The van der Waals surface area contributed by atoms with Crippen LogP contribution in [0.2, 0.25) is 0 Å². The number of aromatic nitrogens is 2. The first-order chi connectivity index (χ1) is 10.6. The Morgan fingerprint density at radius 2 is 1.77 bits per heavy atom.